The largest absolute Gasteiger partial charge is 0.452 e. The zero-order chi connectivity index (χ0) is 23.7. The third-order valence-corrected chi connectivity index (χ3v) is 5.95. The Morgan fingerprint density at radius 1 is 1.39 bits per heavy atom. The van der Waals surface area contributed by atoms with Gasteiger partial charge in [-0.1, -0.05) is 45.9 Å². The van der Waals surface area contributed by atoms with Crippen LogP contribution in [0.1, 0.15) is 73.1 Å². The van der Waals surface area contributed by atoms with Gasteiger partial charge in [-0.2, -0.15) is 0 Å². The number of aliphatic hydroxyl groups is 2. The summed E-state index contributed by atoms with van der Waals surface area (Å²) in [5, 5.41) is 22.1. The van der Waals surface area contributed by atoms with Crippen LogP contribution in [0.3, 0.4) is 0 Å². The smallest absolute Gasteiger partial charge is 0.306 e. The third kappa shape index (κ3) is 7.41. The summed E-state index contributed by atoms with van der Waals surface area (Å²) in [7, 11) is 0. The van der Waals surface area contributed by atoms with Gasteiger partial charge in [0.05, 0.1) is 12.2 Å². The van der Waals surface area contributed by atoms with Gasteiger partial charge in [-0.05, 0) is 50.2 Å². The Morgan fingerprint density at radius 3 is 2.61 bits per heavy atom. The Balaban J connectivity index is 3.21. The highest BCUT2D eigenvalue weighted by molar-refractivity contribution is 5.70. The number of allylic oxidation sites excluding steroid dienone is 3. The van der Waals surface area contributed by atoms with Crippen molar-refractivity contribution in [1.82, 2.24) is 0 Å². The van der Waals surface area contributed by atoms with E-state index in [1.807, 2.05) is 32.9 Å². The summed E-state index contributed by atoms with van der Waals surface area (Å²) in [4.78, 5) is 23.5. The highest BCUT2D eigenvalue weighted by Crippen LogP contribution is 2.46. The molecule has 1 aliphatic rings. The van der Waals surface area contributed by atoms with Crippen molar-refractivity contribution in [2.75, 3.05) is 0 Å². The predicted molar refractivity (Wildman–Crippen MR) is 121 cm³/mol. The monoisotopic (exact) mass is 436 g/mol. The van der Waals surface area contributed by atoms with Crippen LogP contribution < -0.4 is 0 Å². The lowest BCUT2D eigenvalue weighted by Crippen LogP contribution is -2.62. The average Bonchev–Trinajstić information content (AvgIpc) is 2.71. The van der Waals surface area contributed by atoms with Gasteiger partial charge in [0.1, 0.15) is 6.29 Å². The molecule has 0 aromatic heterocycles. The molecule has 0 radical (unpaired) electrons. The zero-order valence-electron chi connectivity index (χ0n) is 19.7. The SMILES string of the molecule is C=CCCCCC(=O)O[C@H]1/C(=C/C)C[C@@H](C[C@@H](O)C(C)C)O[C@@]1(O)C(C)(C)/C=C/C=O. The molecule has 1 aliphatic heterocycles. The first-order chi connectivity index (χ1) is 14.5. The van der Waals surface area contributed by atoms with Gasteiger partial charge in [0.2, 0.25) is 5.79 Å². The molecule has 0 aromatic carbocycles. The fourth-order valence-electron chi connectivity index (χ4n) is 3.71. The summed E-state index contributed by atoms with van der Waals surface area (Å²) >= 11 is 0. The van der Waals surface area contributed by atoms with Crippen molar-refractivity contribution < 1.29 is 29.3 Å². The van der Waals surface area contributed by atoms with Crippen LogP contribution in [0.15, 0.2) is 36.5 Å². The molecule has 6 heteroatoms. The minimum atomic E-state index is -1.90. The van der Waals surface area contributed by atoms with Crippen molar-refractivity contribution >= 4 is 12.3 Å². The summed E-state index contributed by atoms with van der Waals surface area (Å²) in [6.07, 6.45) is 8.41. The third-order valence-electron chi connectivity index (χ3n) is 5.95. The Hall–Kier alpha value is -1.76. The molecule has 0 aliphatic carbocycles. The lowest BCUT2D eigenvalue weighted by atomic mass is 9.74. The van der Waals surface area contributed by atoms with Crippen LogP contribution in [-0.4, -0.2) is 46.6 Å². The molecule has 176 valence electrons. The molecule has 1 rings (SSSR count). The molecule has 0 bridgehead atoms. The van der Waals surface area contributed by atoms with E-state index < -0.39 is 35.5 Å². The van der Waals surface area contributed by atoms with Crippen LogP contribution in [0.2, 0.25) is 0 Å². The number of rotatable bonds is 12. The maximum Gasteiger partial charge on any atom is 0.306 e. The molecule has 0 amide bonds. The fraction of sp³-hybridized carbons (Fsp3) is 0.680. The average molecular weight is 437 g/mol. The second-order valence-electron chi connectivity index (χ2n) is 9.17. The van der Waals surface area contributed by atoms with E-state index in [4.69, 9.17) is 9.47 Å². The highest BCUT2D eigenvalue weighted by atomic mass is 16.7. The Kier molecular flexibility index (Phi) is 10.8. The molecule has 4 atom stereocenters. The van der Waals surface area contributed by atoms with Gasteiger partial charge in [0.15, 0.2) is 6.10 Å². The summed E-state index contributed by atoms with van der Waals surface area (Å²) in [6, 6.07) is 0. The molecule has 0 aromatic rings. The number of carbonyl (C=O) groups excluding carboxylic acids is 2. The molecule has 1 saturated heterocycles. The Labute approximate surface area is 187 Å². The van der Waals surface area contributed by atoms with E-state index in [1.165, 1.54) is 6.08 Å². The van der Waals surface area contributed by atoms with Gasteiger partial charge in [-0.15, -0.1) is 6.58 Å². The van der Waals surface area contributed by atoms with Crippen LogP contribution in [0.25, 0.3) is 0 Å². The normalized spacial score (nSPS) is 26.9. The van der Waals surface area contributed by atoms with Crippen LogP contribution in [0.5, 0.6) is 0 Å². The molecular weight excluding hydrogens is 396 g/mol. The minimum Gasteiger partial charge on any atom is -0.452 e. The molecule has 31 heavy (non-hydrogen) atoms. The van der Waals surface area contributed by atoms with E-state index in [2.05, 4.69) is 6.58 Å². The van der Waals surface area contributed by atoms with Gasteiger partial charge in [0, 0.05) is 18.3 Å². The molecule has 0 saturated carbocycles. The number of aliphatic hydroxyl groups excluding tert-OH is 1. The highest BCUT2D eigenvalue weighted by Gasteiger charge is 2.57. The van der Waals surface area contributed by atoms with Crippen molar-refractivity contribution in [3.8, 4) is 0 Å². The maximum absolute atomic E-state index is 12.6. The van der Waals surface area contributed by atoms with Gasteiger partial charge >= 0.3 is 5.97 Å². The first-order valence-corrected chi connectivity index (χ1v) is 11.2. The number of aldehydes is 1. The molecule has 2 N–H and O–H groups in total. The van der Waals surface area contributed by atoms with E-state index in [0.717, 1.165) is 18.4 Å². The van der Waals surface area contributed by atoms with E-state index in [1.54, 1.807) is 19.9 Å². The first kappa shape index (κ1) is 27.3. The van der Waals surface area contributed by atoms with Crippen molar-refractivity contribution in [1.29, 1.82) is 0 Å². The lowest BCUT2D eigenvalue weighted by Gasteiger charge is -2.51. The summed E-state index contributed by atoms with van der Waals surface area (Å²) < 4.78 is 11.9. The quantitative estimate of drug-likeness (QED) is 0.156. The van der Waals surface area contributed by atoms with E-state index in [0.29, 0.717) is 25.5 Å². The summed E-state index contributed by atoms with van der Waals surface area (Å²) in [6.45, 7) is 12.8. The number of carbonyl (C=O) groups is 2. The molecular formula is C25H40O6. The van der Waals surface area contributed by atoms with E-state index in [9.17, 15) is 19.8 Å². The predicted octanol–water partition coefficient (Wildman–Crippen LogP) is 4.26. The first-order valence-electron chi connectivity index (χ1n) is 11.2. The number of esters is 1. The number of ether oxygens (including phenoxy) is 2. The van der Waals surface area contributed by atoms with Crippen LogP contribution >= 0.6 is 0 Å². The van der Waals surface area contributed by atoms with Crippen molar-refractivity contribution in [2.45, 2.75) is 97.2 Å². The standard InChI is InChI=1S/C25H40O6/c1-7-9-10-11-13-22(28)30-23-19(8-2)16-20(17-21(27)18(3)4)31-25(23,29)24(5,6)14-12-15-26/h7-8,12,14-15,18,20-21,23,27,29H,1,9-11,13,16-17H2,2-6H3/b14-12+,19-8+/t20-,21+,23-,25+/m0/s1. The second-order valence-corrected chi connectivity index (χ2v) is 9.17. The van der Waals surface area contributed by atoms with Gasteiger partial charge in [0.25, 0.3) is 0 Å². The Bertz CT molecular complexity index is 663. The van der Waals surface area contributed by atoms with Crippen LogP contribution in [0, 0.1) is 11.3 Å². The lowest BCUT2D eigenvalue weighted by molar-refractivity contribution is -0.327. The van der Waals surface area contributed by atoms with Gasteiger partial charge in [-0.25, -0.2) is 0 Å². The molecule has 6 nitrogen and oxygen atoms in total. The molecule has 0 unspecified atom stereocenters. The molecule has 1 heterocycles. The minimum absolute atomic E-state index is 0.0415. The van der Waals surface area contributed by atoms with E-state index in [-0.39, 0.29) is 12.3 Å². The topological polar surface area (TPSA) is 93.1 Å². The molecule has 0 spiro atoms. The fourth-order valence-corrected chi connectivity index (χ4v) is 3.71. The Morgan fingerprint density at radius 2 is 2.06 bits per heavy atom. The van der Waals surface area contributed by atoms with Gasteiger partial charge < -0.3 is 19.7 Å². The molecule has 1 fully saturated rings. The number of hydrogen-bond acceptors (Lipinski definition) is 6. The zero-order valence-corrected chi connectivity index (χ0v) is 19.7. The van der Waals surface area contributed by atoms with Gasteiger partial charge in [-0.3, -0.25) is 9.59 Å². The van der Waals surface area contributed by atoms with Crippen molar-refractivity contribution in [2.24, 2.45) is 11.3 Å². The van der Waals surface area contributed by atoms with Crippen LogP contribution in [0.4, 0.5) is 0 Å². The van der Waals surface area contributed by atoms with E-state index >= 15 is 0 Å². The summed E-state index contributed by atoms with van der Waals surface area (Å²) in [5.74, 6) is -2.27. The van der Waals surface area contributed by atoms with Crippen molar-refractivity contribution in [3.05, 3.63) is 36.5 Å². The number of hydrogen-bond donors (Lipinski definition) is 2. The number of unbranched alkanes of at least 4 members (excludes halogenated alkanes) is 2. The van der Waals surface area contributed by atoms with Crippen LogP contribution in [-0.2, 0) is 19.1 Å². The summed E-state index contributed by atoms with van der Waals surface area (Å²) in [5.41, 5.74) is -0.307. The van der Waals surface area contributed by atoms with Crippen molar-refractivity contribution in [3.63, 3.8) is 0 Å². The maximum atomic E-state index is 12.6. The second kappa shape index (κ2) is 12.3.